The molecule has 0 atom stereocenters. The third-order valence-electron chi connectivity index (χ3n) is 3.55. The number of rotatable bonds is 4. The van der Waals surface area contributed by atoms with Gasteiger partial charge in [-0.3, -0.25) is 4.79 Å². The molecule has 0 aliphatic heterocycles. The Morgan fingerprint density at radius 3 is 2.62 bits per heavy atom. The van der Waals surface area contributed by atoms with Crippen molar-refractivity contribution >= 4 is 16.8 Å². The average Bonchev–Trinajstić information content (AvgIpc) is 2.84. The summed E-state index contributed by atoms with van der Waals surface area (Å²) in [7, 11) is 0. The van der Waals surface area contributed by atoms with E-state index < -0.39 is 0 Å². The van der Waals surface area contributed by atoms with E-state index >= 15 is 0 Å². The van der Waals surface area contributed by atoms with Crippen molar-refractivity contribution in [1.29, 1.82) is 0 Å². The molecule has 3 aromatic rings. The van der Waals surface area contributed by atoms with Crippen molar-refractivity contribution in [2.24, 2.45) is 5.73 Å². The van der Waals surface area contributed by atoms with Crippen LogP contribution >= 0.6 is 0 Å². The van der Waals surface area contributed by atoms with Crippen LogP contribution in [0.15, 0.2) is 48.5 Å². The molecule has 0 bridgehead atoms. The Morgan fingerprint density at radius 1 is 1.14 bits per heavy atom. The maximum Gasteiger partial charge on any atom is 0.217 e. The van der Waals surface area contributed by atoms with Crippen LogP contribution in [0.5, 0.6) is 0 Å². The minimum Gasteiger partial charge on any atom is -0.370 e. The molecule has 3 nitrogen and oxygen atoms in total. The van der Waals surface area contributed by atoms with Gasteiger partial charge < -0.3 is 10.7 Å². The van der Waals surface area contributed by atoms with Crippen molar-refractivity contribution in [3.63, 3.8) is 0 Å². The molecule has 0 aliphatic carbocycles. The third kappa shape index (κ3) is 2.65. The molecule has 3 N–H and O–H groups in total. The Hall–Kier alpha value is -2.62. The fourth-order valence-electron chi connectivity index (χ4n) is 2.58. The molecule has 4 heteroatoms. The van der Waals surface area contributed by atoms with Crippen molar-refractivity contribution in [2.75, 3.05) is 0 Å². The van der Waals surface area contributed by atoms with Crippen LogP contribution in [-0.4, -0.2) is 10.9 Å². The van der Waals surface area contributed by atoms with E-state index in [2.05, 4.69) is 4.98 Å². The van der Waals surface area contributed by atoms with Crippen LogP contribution < -0.4 is 5.73 Å². The van der Waals surface area contributed by atoms with Crippen molar-refractivity contribution in [3.05, 3.63) is 59.9 Å². The smallest absolute Gasteiger partial charge is 0.217 e. The first kappa shape index (κ1) is 13.4. The Labute approximate surface area is 121 Å². The van der Waals surface area contributed by atoms with Gasteiger partial charge in [0, 0.05) is 23.0 Å². The van der Waals surface area contributed by atoms with Gasteiger partial charge in [-0.15, -0.1) is 0 Å². The molecule has 106 valence electrons. The molecule has 0 spiro atoms. The zero-order chi connectivity index (χ0) is 14.8. The number of H-pyrrole nitrogens is 1. The van der Waals surface area contributed by atoms with Crippen LogP contribution in [0.4, 0.5) is 4.39 Å². The number of hydrogen-bond donors (Lipinski definition) is 2. The Kier molecular flexibility index (Phi) is 3.44. The summed E-state index contributed by atoms with van der Waals surface area (Å²) in [5.74, 6) is -0.652. The van der Waals surface area contributed by atoms with Gasteiger partial charge in [-0.05, 0) is 35.7 Å². The van der Waals surface area contributed by atoms with E-state index in [1.807, 2.05) is 30.3 Å². The highest BCUT2D eigenvalue weighted by molar-refractivity contribution is 5.91. The highest BCUT2D eigenvalue weighted by Crippen LogP contribution is 2.31. The minimum absolute atomic E-state index is 0.239. The predicted molar refractivity (Wildman–Crippen MR) is 81.2 cm³/mol. The summed E-state index contributed by atoms with van der Waals surface area (Å²) in [6, 6.07) is 14.4. The number of nitrogens with one attached hydrogen (secondary N) is 1. The average molecular weight is 282 g/mol. The molecule has 2 aromatic carbocycles. The van der Waals surface area contributed by atoms with Gasteiger partial charge in [0.15, 0.2) is 0 Å². The van der Waals surface area contributed by atoms with E-state index in [-0.39, 0.29) is 18.1 Å². The van der Waals surface area contributed by atoms with Crippen LogP contribution in [0.25, 0.3) is 22.2 Å². The quantitative estimate of drug-likeness (QED) is 0.757. The number of hydrogen-bond acceptors (Lipinski definition) is 1. The maximum atomic E-state index is 13.5. The van der Waals surface area contributed by atoms with Crippen molar-refractivity contribution < 1.29 is 9.18 Å². The molecule has 0 fully saturated rings. The molecule has 0 saturated heterocycles. The van der Waals surface area contributed by atoms with Crippen molar-refractivity contribution in [1.82, 2.24) is 4.98 Å². The number of nitrogens with two attached hydrogens (primary N) is 1. The number of carbonyl (C=O) groups excluding carboxylic acids is 1. The highest BCUT2D eigenvalue weighted by Gasteiger charge is 2.14. The molecule has 1 heterocycles. The van der Waals surface area contributed by atoms with Gasteiger partial charge >= 0.3 is 0 Å². The Morgan fingerprint density at radius 2 is 1.90 bits per heavy atom. The summed E-state index contributed by atoms with van der Waals surface area (Å²) in [6.07, 6.45) is 0.728. The number of aryl methyl sites for hydroxylation is 1. The summed E-state index contributed by atoms with van der Waals surface area (Å²) in [5, 5.41) is 0.801. The maximum absolute atomic E-state index is 13.5. The van der Waals surface area contributed by atoms with Crippen LogP contribution in [0, 0.1) is 5.82 Å². The first-order chi connectivity index (χ1) is 10.1. The van der Waals surface area contributed by atoms with E-state index in [1.165, 1.54) is 12.1 Å². The van der Waals surface area contributed by atoms with Gasteiger partial charge in [0.25, 0.3) is 0 Å². The molecule has 3 rings (SSSR count). The normalized spacial score (nSPS) is 10.9. The number of halogens is 1. The van der Waals surface area contributed by atoms with Crippen LogP contribution in [-0.2, 0) is 11.2 Å². The molecule has 0 aliphatic rings. The lowest BCUT2D eigenvalue weighted by molar-refractivity contribution is -0.117. The second-order valence-corrected chi connectivity index (χ2v) is 5.00. The summed E-state index contributed by atoms with van der Waals surface area (Å²) in [4.78, 5) is 14.4. The zero-order valence-electron chi connectivity index (χ0n) is 11.4. The van der Waals surface area contributed by atoms with Crippen LogP contribution in [0.3, 0.4) is 0 Å². The van der Waals surface area contributed by atoms with E-state index in [0.29, 0.717) is 6.42 Å². The van der Waals surface area contributed by atoms with Gasteiger partial charge in [0.2, 0.25) is 5.91 Å². The molecular formula is C17H15FN2O. The van der Waals surface area contributed by atoms with E-state index in [1.54, 1.807) is 6.07 Å². The lowest BCUT2D eigenvalue weighted by Crippen LogP contribution is -2.11. The standard InChI is InChI=1S/C17H15FN2O/c18-12-6-8-15-14(10-12)13(7-9-16(19)21)17(20-15)11-4-2-1-3-5-11/h1-6,8,10,20H,7,9H2,(H2,19,21). The number of amides is 1. The van der Waals surface area contributed by atoms with Gasteiger partial charge in [-0.25, -0.2) is 4.39 Å². The third-order valence-corrected chi connectivity index (χ3v) is 3.55. The summed E-state index contributed by atoms with van der Waals surface area (Å²) >= 11 is 0. The molecule has 0 radical (unpaired) electrons. The van der Waals surface area contributed by atoms with Gasteiger partial charge in [-0.2, -0.15) is 0 Å². The zero-order valence-corrected chi connectivity index (χ0v) is 11.4. The van der Waals surface area contributed by atoms with E-state index in [4.69, 9.17) is 5.73 Å². The van der Waals surface area contributed by atoms with E-state index in [9.17, 15) is 9.18 Å². The second kappa shape index (κ2) is 5.40. The number of aromatic amines is 1. The SMILES string of the molecule is NC(=O)CCc1c(-c2ccccc2)[nH]c2ccc(F)cc12. The molecule has 0 unspecified atom stereocenters. The number of benzene rings is 2. The van der Waals surface area contributed by atoms with Crippen molar-refractivity contribution in [2.45, 2.75) is 12.8 Å². The number of carbonyl (C=O) groups is 1. The number of aromatic nitrogens is 1. The highest BCUT2D eigenvalue weighted by atomic mass is 19.1. The Bertz CT molecular complexity index is 793. The Balaban J connectivity index is 2.18. The largest absolute Gasteiger partial charge is 0.370 e. The lowest BCUT2D eigenvalue weighted by Gasteiger charge is -2.04. The topological polar surface area (TPSA) is 58.9 Å². The van der Waals surface area contributed by atoms with E-state index in [0.717, 1.165) is 27.7 Å². The summed E-state index contributed by atoms with van der Waals surface area (Å²) in [5.41, 5.74) is 8.95. The first-order valence-electron chi connectivity index (χ1n) is 6.79. The van der Waals surface area contributed by atoms with Crippen LogP contribution in [0.1, 0.15) is 12.0 Å². The number of primary amides is 1. The van der Waals surface area contributed by atoms with Gasteiger partial charge in [0.1, 0.15) is 5.82 Å². The van der Waals surface area contributed by atoms with Crippen molar-refractivity contribution in [3.8, 4) is 11.3 Å². The molecule has 0 saturated carbocycles. The number of fused-ring (bicyclic) bond motifs is 1. The fraction of sp³-hybridized carbons (Fsp3) is 0.118. The second-order valence-electron chi connectivity index (χ2n) is 5.00. The van der Waals surface area contributed by atoms with Gasteiger partial charge in [-0.1, -0.05) is 30.3 Å². The van der Waals surface area contributed by atoms with Crippen LogP contribution in [0.2, 0.25) is 0 Å². The summed E-state index contributed by atoms with van der Waals surface area (Å²) in [6.45, 7) is 0. The molecule has 21 heavy (non-hydrogen) atoms. The monoisotopic (exact) mass is 282 g/mol. The fourth-order valence-corrected chi connectivity index (χ4v) is 2.58. The molecule has 1 amide bonds. The molecular weight excluding hydrogens is 267 g/mol. The lowest BCUT2D eigenvalue weighted by atomic mass is 10.0. The predicted octanol–water partition coefficient (Wildman–Crippen LogP) is 3.39. The van der Waals surface area contributed by atoms with Gasteiger partial charge in [0.05, 0.1) is 0 Å². The first-order valence-corrected chi connectivity index (χ1v) is 6.79. The summed E-state index contributed by atoms with van der Waals surface area (Å²) < 4.78 is 13.5. The molecule has 1 aromatic heterocycles. The minimum atomic E-state index is -0.361.